The number of hydrogen-bond donors (Lipinski definition) is 0. The molecule has 1 unspecified atom stereocenters. The van der Waals surface area contributed by atoms with E-state index in [9.17, 15) is 4.39 Å². The topological polar surface area (TPSA) is 51.1 Å². The lowest BCUT2D eigenvalue weighted by molar-refractivity contribution is 0.114. The molecule has 1 atom stereocenters. The van der Waals surface area contributed by atoms with Gasteiger partial charge in [-0.25, -0.2) is 14.4 Å². The second-order valence-electron chi connectivity index (χ2n) is 8.47. The fraction of sp³-hybridized carbons (Fsp3) is 0.296. The number of likely N-dealkylation sites (tertiary alicyclic amines) is 1. The smallest absolute Gasteiger partial charge is 0.224 e. The third-order valence-electron chi connectivity index (χ3n) is 6.31. The minimum absolute atomic E-state index is 0.249. The number of benzene rings is 2. The molecule has 6 heteroatoms. The maximum atomic E-state index is 14.3. The molecule has 5 rings (SSSR count). The predicted molar refractivity (Wildman–Crippen MR) is 127 cm³/mol. The molecule has 33 heavy (non-hydrogen) atoms. The fourth-order valence-corrected chi connectivity index (χ4v) is 4.60. The van der Waals surface area contributed by atoms with E-state index in [0.717, 1.165) is 48.1 Å². The molecular formula is C27H27FN4O. The van der Waals surface area contributed by atoms with E-state index in [1.165, 1.54) is 25.2 Å². The van der Waals surface area contributed by atoms with E-state index in [4.69, 9.17) is 4.74 Å². The Morgan fingerprint density at radius 1 is 0.970 bits per heavy atom. The number of nitrogens with zero attached hydrogens (tertiary/aromatic N) is 4. The van der Waals surface area contributed by atoms with Crippen molar-refractivity contribution in [3.63, 3.8) is 0 Å². The minimum atomic E-state index is -0.249. The van der Waals surface area contributed by atoms with Crippen LogP contribution in [0.5, 0.6) is 5.88 Å². The Labute approximate surface area is 193 Å². The zero-order valence-corrected chi connectivity index (χ0v) is 18.5. The van der Waals surface area contributed by atoms with Crippen molar-refractivity contribution in [3.8, 4) is 17.0 Å². The molecule has 4 aromatic rings. The Hall–Kier alpha value is -3.38. The first-order valence-electron chi connectivity index (χ1n) is 11.5. The van der Waals surface area contributed by atoms with Crippen molar-refractivity contribution in [1.82, 2.24) is 19.9 Å². The summed E-state index contributed by atoms with van der Waals surface area (Å²) in [6, 6.07) is 19.0. The third kappa shape index (κ3) is 5.01. The van der Waals surface area contributed by atoms with Gasteiger partial charge < -0.3 is 4.74 Å². The van der Waals surface area contributed by atoms with Crippen LogP contribution >= 0.6 is 0 Å². The average Bonchev–Trinajstić information content (AvgIpc) is 2.86. The summed E-state index contributed by atoms with van der Waals surface area (Å²) in [6.07, 6.45) is 7.93. The van der Waals surface area contributed by atoms with Gasteiger partial charge in [0.15, 0.2) is 0 Å². The van der Waals surface area contributed by atoms with Crippen LogP contribution in [0.1, 0.15) is 31.4 Å². The summed E-state index contributed by atoms with van der Waals surface area (Å²) in [5.41, 5.74) is 3.23. The van der Waals surface area contributed by atoms with Crippen molar-refractivity contribution in [2.45, 2.75) is 38.3 Å². The molecule has 0 saturated carbocycles. The van der Waals surface area contributed by atoms with E-state index in [2.05, 4.69) is 25.9 Å². The van der Waals surface area contributed by atoms with E-state index in [0.29, 0.717) is 24.1 Å². The summed E-state index contributed by atoms with van der Waals surface area (Å²) in [5.74, 6) is 0.298. The number of aromatic nitrogens is 3. The molecule has 0 amide bonds. The third-order valence-corrected chi connectivity index (χ3v) is 6.31. The molecule has 0 bridgehead atoms. The number of ether oxygens (including phenoxy) is 1. The van der Waals surface area contributed by atoms with Gasteiger partial charge in [0.2, 0.25) is 5.88 Å². The molecule has 5 nitrogen and oxygen atoms in total. The highest BCUT2D eigenvalue weighted by molar-refractivity contribution is 5.88. The molecule has 0 aliphatic carbocycles. The highest BCUT2D eigenvalue weighted by atomic mass is 19.1. The van der Waals surface area contributed by atoms with Crippen LogP contribution in [0.2, 0.25) is 0 Å². The summed E-state index contributed by atoms with van der Waals surface area (Å²) in [7, 11) is 0. The van der Waals surface area contributed by atoms with Crippen LogP contribution in [0.25, 0.3) is 22.0 Å². The molecule has 2 aromatic heterocycles. The molecule has 2 aromatic carbocycles. The number of rotatable bonds is 7. The van der Waals surface area contributed by atoms with Gasteiger partial charge in [0, 0.05) is 24.3 Å². The van der Waals surface area contributed by atoms with Crippen molar-refractivity contribution in [2.24, 2.45) is 0 Å². The number of halogens is 1. The van der Waals surface area contributed by atoms with Crippen molar-refractivity contribution >= 4 is 10.9 Å². The normalized spacial score (nSPS) is 16.7. The van der Waals surface area contributed by atoms with Gasteiger partial charge in [-0.05, 0) is 61.7 Å². The van der Waals surface area contributed by atoms with Gasteiger partial charge >= 0.3 is 0 Å². The molecule has 1 saturated heterocycles. The highest BCUT2D eigenvalue weighted by Crippen LogP contribution is 2.30. The van der Waals surface area contributed by atoms with Crippen LogP contribution in [0.15, 0.2) is 73.2 Å². The standard InChI is InChI=1S/C27H27FN4O/c28-25-10-2-1-9-23(25)20-11-12-26-24(17-20)27(31-19-30-26)33-16-13-22-8-4-6-15-32(22)18-21-7-3-5-14-29-21/h1-3,5,7,9-12,14,17,19,22H,4,6,8,13,15-16,18H2. The summed E-state index contributed by atoms with van der Waals surface area (Å²) < 4.78 is 20.5. The van der Waals surface area contributed by atoms with Crippen molar-refractivity contribution in [3.05, 3.63) is 84.7 Å². The number of fused-ring (bicyclic) bond motifs is 1. The Morgan fingerprint density at radius 3 is 2.76 bits per heavy atom. The molecular weight excluding hydrogens is 415 g/mol. The minimum Gasteiger partial charge on any atom is -0.477 e. The first kappa shape index (κ1) is 21.5. The lowest BCUT2D eigenvalue weighted by Crippen LogP contribution is -2.40. The Kier molecular flexibility index (Phi) is 6.53. The van der Waals surface area contributed by atoms with E-state index in [-0.39, 0.29) is 5.82 Å². The average molecular weight is 443 g/mol. The molecule has 0 spiro atoms. The first-order valence-corrected chi connectivity index (χ1v) is 11.5. The summed E-state index contributed by atoms with van der Waals surface area (Å²) in [5, 5.41) is 0.798. The van der Waals surface area contributed by atoms with Gasteiger partial charge in [-0.1, -0.05) is 36.8 Å². The highest BCUT2D eigenvalue weighted by Gasteiger charge is 2.23. The van der Waals surface area contributed by atoms with Crippen LogP contribution < -0.4 is 4.74 Å². The largest absolute Gasteiger partial charge is 0.477 e. The van der Waals surface area contributed by atoms with Gasteiger partial charge in [-0.3, -0.25) is 9.88 Å². The van der Waals surface area contributed by atoms with E-state index in [1.54, 1.807) is 12.1 Å². The van der Waals surface area contributed by atoms with Crippen LogP contribution in [0, 0.1) is 5.82 Å². The summed E-state index contributed by atoms with van der Waals surface area (Å²) in [4.78, 5) is 15.7. The van der Waals surface area contributed by atoms with Crippen molar-refractivity contribution < 1.29 is 9.13 Å². The molecule has 1 aliphatic rings. The second-order valence-corrected chi connectivity index (χ2v) is 8.47. The molecule has 0 N–H and O–H groups in total. The number of hydrogen-bond acceptors (Lipinski definition) is 5. The zero-order valence-electron chi connectivity index (χ0n) is 18.5. The molecule has 1 fully saturated rings. The molecule has 0 radical (unpaired) electrons. The van der Waals surface area contributed by atoms with Gasteiger partial charge in [0.1, 0.15) is 12.1 Å². The van der Waals surface area contributed by atoms with Crippen molar-refractivity contribution in [2.75, 3.05) is 13.2 Å². The van der Waals surface area contributed by atoms with Crippen molar-refractivity contribution in [1.29, 1.82) is 0 Å². The van der Waals surface area contributed by atoms with Crippen LogP contribution in [0.3, 0.4) is 0 Å². The lowest BCUT2D eigenvalue weighted by atomic mass is 9.99. The van der Waals surface area contributed by atoms with Gasteiger partial charge in [-0.2, -0.15) is 0 Å². The van der Waals surface area contributed by atoms with Gasteiger partial charge in [0.25, 0.3) is 0 Å². The lowest BCUT2D eigenvalue weighted by Gasteiger charge is -2.35. The van der Waals surface area contributed by atoms with E-state index >= 15 is 0 Å². The number of piperidine rings is 1. The number of pyridine rings is 1. The van der Waals surface area contributed by atoms with Crippen LogP contribution in [0.4, 0.5) is 4.39 Å². The SMILES string of the molecule is Fc1ccccc1-c1ccc2ncnc(OCCC3CCCCN3Cc3ccccn3)c2c1. The predicted octanol–water partition coefficient (Wildman–Crippen LogP) is 5.65. The molecule has 1 aliphatic heterocycles. The molecule has 168 valence electrons. The van der Waals surface area contributed by atoms with Gasteiger partial charge in [0.05, 0.1) is 23.2 Å². The van der Waals surface area contributed by atoms with E-state index in [1.807, 2.05) is 42.6 Å². The van der Waals surface area contributed by atoms with E-state index < -0.39 is 0 Å². The quantitative estimate of drug-likeness (QED) is 0.370. The zero-order chi connectivity index (χ0) is 22.5. The monoisotopic (exact) mass is 442 g/mol. The second kappa shape index (κ2) is 10.0. The Balaban J connectivity index is 1.30. The molecule has 3 heterocycles. The Morgan fingerprint density at radius 2 is 1.88 bits per heavy atom. The maximum Gasteiger partial charge on any atom is 0.224 e. The van der Waals surface area contributed by atoms with Crippen LogP contribution in [-0.4, -0.2) is 39.0 Å². The fourth-order valence-electron chi connectivity index (χ4n) is 4.60. The summed E-state index contributed by atoms with van der Waals surface area (Å²) in [6.45, 7) is 2.52. The maximum absolute atomic E-state index is 14.3. The summed E-state index contributed by atoms with van der Waals surface area (Å²) >= 11 is 0. The first-order chi connectivity index (χ1) is 16.3. The van der Waals surface area contributed by atoms with Crippen LogP contribution in [-0.2, 0) is 6.54 Å². The Bertz CT molecular complexity index is 1220. The van der Waals surface area contributed by atoms with Gasteiger partial charge in [-0.15, -0.1) is 0 Å².